The summed E-state index contributed by atoms with van der Waals surface area (Å²) in [6.45, 7) is 6.68. The van der Waals surface area contributed by atoms with Crippen molar-refractivity contribution in [3.05, 3.63) is 41.7 Å². The molecule has 0 atom stereocenters. The van der Waals surface area contributed by atoms with Gasteiger partial charge in [0.1, 0.15) is 5.60 Å². The molecule has 0 bridgehead atoms. The van der Waals surface area contributed by atoms with Gasteiger partial charge in [0.15, 0.2) is 0 Å². The van der Waals surface area contributed by atoms with Gasteiger partial charge in [0.05, 0.1) is 23.5 Å². The fourth-order valence-corrected chi connectivity index (χ4v) is 3.21. The molecule has 1 aliphatic rings. The quantitative estimate of drug-likeness (QED) is 0.554. The van der Waals surface area contributed by atoms with Crippen LogP contribution < -0.4 is 11.6 Å². The first-order valence-electron chi connectivity index (χ1n) is 9.25. The third-order valence-corrected chi connectivity index (χ3v) is 4.36. The van der Waals surface area contributed by atoms with E-state index in [-0.39, 0.29) is 6.09 Å². The molecule has 5 N–H and O–H groups in total. The van der Waals surface area contributed by atoms with Gasteiger partial charge in [-0.1, -0.05) is 24.3 Å². The predicted octanol–water partition coefficient (Wildman–Crippen LogP) is 2.65. The second-order valence-electron chi connectivity index (χ2n) is 7.97. The van der Waals surface area contributed by atoms with Crippen LogP contribution in [0.2, 0.25) is 0 Å². The fourth-order valence-electron chi connectivity index (χ4n) is 3.21. The van der Waals surface area contributed by atoms with E-state index in [1.165, 1.54) is 5.01 Å². The Balaban J connectivity index is 1.90. The normalized spacial score (nSPS) is 15.5. The zero-order valence-corrected chi connectivity index (χ0v) is 16.8. The van der Waals surface area contributed by atoms with Crippen LogP contribution in [0.4, 0.5) is 4.79 Å². The number of rotatable bonds is 3. The molecular weight excluding hydrogens is 356 g/mol. The lowest BCUT2D eigenvalue weighted by atomic mass is 10.0. The van der Waals surface area contributed by atoms with Gasteiger partial charge in [-0.25, -0.2) is 10.6 Å². The van der Waals surface area contributed by atoms with Crippen LogP contribution >= 0.6 is 0 Å². The molecule has 0 radical (unpaired) electrons. The van der Waals surface area contributed by atoms with Gasteiger partial charge in [-0.2, -0.15) is 5.10 Å². The molecular formula is C20H28N6O2. The molecule has 0 spiro atoms. The molecule has 28 heavy (non-hydrogen) atoms. The summed E-state index contributed by atoms with van der Waals surface area (Å²) in [5, 5.41) is 9.96. The Morgan fingerprint density at radius 1 is 1.39 bits per heavy atom. The average molecular weight is 384 g/mol. The highest BCUT2D eigenvalue weighted by atomic mass is 16.6. The molecule has 8 heteroatoms. The number of nitrogens with one attached hydrogen (secondary N) is 1. The molecule has 0 fully saturated rings. The number of hydrogen-bond acceptors (Lipinski definition) is 6. The Morgan fingerprint density at radius 3 is 2.82 bits per heavy atom. The molecule has 1 amide bonds. The average Bonchev–Trinajstić information content (AvgIpc) is 3.03. The molecule has 3 rings (SSSR count). The third kappa shape index (κ3) is 4.28. The van der Waals surface area contributed by atoms with Crippen LogP contribution in [0.1, 0.15) is 38.4 Å². The number of carbonyl (C=O) groups excluding carboxylic acids is 1. The van der Waals surface area contributed by atoms with E-state index < -0.39 is 5.60 Å². The number of fused-ring (bicyclic) bond motifs is 1. The highest BCUT2D eigenvalue weighted by molar-refractivity contribution is 5.97. The van der Waals surface area contributed by atoms with Gasteiger partial charge in [-0.3, -0.25) is 5.10 Å². The molecule has 2 heterocycles. The van der Waals surface area contributed by atoms with Gasteiger partial charge < -0.3 is 20.4 Å². The summed E-state index contributed by atoms with van der Waals surface area (Å²) in [5.41, 5.74) is 9.66. The van der Waals surface area contributed by atoms with Crippen LogP contribution in [0.5, 0.6) is 0 Å². The first-order chi connectivity index (χ1) is 13.2. The zero-order chi connectivity index (χ0) is 20.5. The maximum absolute atomic E-state index is 12.4. The van der Waals surface area contributed by atoms with Gasteiger partial charge in [-0.15, -0.1) is 0 Å². The minimum absolute atomic E-state index is 0.309. The summed E-state index contributed by atoms with van der Waals surface area (Å²) in [6.07, 6.45) is 4.22. The zero-order valence-electron chi connectivity index (χ0n) is 16.8. The van der Waals surface area contributed by atoms with Crippen molar-refractivity contribution in [2.45, 2.75) is 32.8 Å². The number of benzene rings is 1. The van der Waals surface area contributed by atoms with E-state index in [0.29, 0.717) is 18.8 Å². The number of amides is 1. The SMILES string of the molecule is CN(N)/C=C(\N)c1cccc2c(C3=CCCN(C(=O)OC(C)(C)C)C3)n[nH]c12. The van der Waals surface area contributed by atoms with Crippen molar-refractivity contribution in [3.8, 4) is 0 Å². The third-order valence-electron chi connectivity index (χ3n) is 4.36. The summed E-state index contributed by atoms with van der Waals surface area (Å²) in [4.78, 5) is 14.2. The summed E-state index contributed by atoms with van der Waals surface area (Å²) in [5.74, 6) is 5.68. The van der Waals surface area contributed by atoms with Gasteiger partial charge in [0, 0.05) is 30.7 Å². The number of carbonyl (C=O) groups is 1. The van der Waals surface area contributed by atoms with Crippen LogP contribution in [-0.4, -0.2) is 51.9 Å². The van der Waals surface area contributed by atoms with E-state index in [1.54, 1.807) is 18.1 Å². The van der Waals surface area contributed by atoms with Gasteiger partial charge in [0.2, 0.25) is 0 Å². The number of nitrogens with two attached hydrogens (primary N) is 2. The van der Waals surface area contributed by atoms with Gasteiger partial charge in [-0.05, 0) is 32.8 Å². The second kappa shape index (κ2) is 7.55. The van der Waals surface area contributed by atoms with E-state index >= 15 is 0 Å². The topological polar surface area (TPSA) is 114 Å². The molecule has 1 aromatic heterocycles. The van der Waals surface area contributed by atoms with Crippen molar-refractivity contribution >= 4 is 28.3 Å². The molecule has 150 valence electrons. The van der Waals surface area contributed by atoms with Gasteiger partial charge >= 0.3 is 6.09 Å². The van der Waals surface area contributed by atoms with Crippen molar-refractivity contribution in [1.82, 2.24) is 20.1 Å². The number of hydrogen-bond donors (Lipinski definition) is 3. The lowest BCUT2D eigenvalue weighted by Gasteiger charge is -2.30. The maximum Gasteiger partial charge on any atom is 0.410 e. The maximum atomic E-state index is 12.4. The van der Waals surface area contributed by atoms with Crippen molar-refractivity contribution in [2.24, 2.45) is 11.6 Å². The Labute approximate surface area is 164 Å². The standard InChI is InChI=1S/C20H28N6O2/c1-20(2,3)28-19(27)26-10-6-7-13(11-26)17-15-9-5-8-14(18(15)24-23-17)16(21)12-25(4)22/h5,7-9,12H,6,10-11,21-22H2,1-4H3,(H,23,24)/b16-12-. The molecule has 1 aromatic carbocycles. The fraction of sp³-hybridized carbons (Fsp3) is 0.400. The largest absolute Gasteiger partial charge is 0.444 e. The second-order valence-corrected chi connectivity index (χ2v) is 7.97. The lowest BCUT2D eigenvalue weighted by molar-refractivity contribution is 0.0273. The van der Waals surface area contributed by atoms with Crippen LogP contribution in [0.3, 0.4) is 0 Å². The number of para-hydroxylation sites is 1. The summed E-state index contributed by atoms with van der Waals surface area (Å²) < 4.78 is 5.51. The van der Waals surface area contributed by atoms with Crippen molar-refractivity contribution < 1.29 is 9.53 Å². The number of aromatic amines is 1. The molecule has 0 saturated carbocycles. The predicted molar refractivity (Wildman–Crippen MR) is 111 cm³/mol. The first-order valence-corrected chi connectivity index (χ1v) is 9.25. The van der Waals surface area contributed by atoms with Crippen LogP contribution in [-0.2, 0) is 4.74 Å². The molecule has 0 unspecified atom stereocenters. The van der Waals surface area contributed by atoms with E-state index in [0.717, 1.165) is 34.2 Å². The minimum atomic E-state index is -0.521. The number of H-pyrrole nitrogens is 1. The Kier molecular flexibility index (Phi) is 5.33. The van der Waals surface area contributed by atoms with Crippen molar-refractivity contribution in [2.75, 3.05) is 20.1 Å². The highest BCUT2D eigenvalue weighted by Gasteiger charge is 2.26. The number of nitrogens with zero attached hydrogens (tertiary/aromatic N) is 3. The van der Waals surface area contributed by atoms with Crippen molar-refractivity contribution in [3.63, 3.8) is 0 Å². The summed E-state index contributed by atoms with van der Waals surface area (Å²) >= 11 is 0. The van der Waals surface area contributed by atoms with E-state index in [2.05, 4.69) is 16.3 Å². The first kappa shape index (κ1) is 19.8. The monoisotopic (exact) mass is 384 g/mol. The highest BCUT2D eigenvalue weighted by Crippen LogP contribution is 2.29. The minimum Gasteiger partial charge on any atom is -0.444 e. The van der Waals surface area contributed by atoms with E-state index in [1.807, 2.05) is 39.0 Å². The molecule has 2 aromatic rings. The number of hydrazine groups is 1. The smallest absolute Gasteiger partial charge is 0.410 e. The Hall–Kier alpha value is -3.00. The van der Waals surface area contributed by atoms with Crippen molar-refractivity contribution in [1.29, 1.82) is 0 Å². The molecule has 8 nitrogen and oxygen atoms in total. The molecule has 0 aliphatic carbocycles. The Morgan fingerprint density at radius 2 is 2.14 bits per heavy atom. The summed E-state index contributed by atoms with van der Waals surface area (Å²) in [7, 11) is 1.71. The van der Waals surface area contributed by atoms with Gasteiger partial charge in [0.25, 0.3) is 0 Å². The van der Waals surface area contributed by atoms with E-state index in [4.69, 9.17) is 16.3 Å². The molecule has 1 aliphatic heterocycles. The molecule has 0 saturated heterocycles. The number of ether oxygens (including phenoxy) is 1. The lowest BCUT2D eigenvalue weighted by Crippen LogP contribution is -2.39. The van der Waals surface area contributed by atoms with Crippen LogP contribution in [0.25, 0.3) is 22.2 Å². The Bertz CT molecular complexity index is 936. The van der Waals surface area contributed by atoms with Crippen LogP contribution in [0.15, 0.2) is 30.5 Å². The van der Waals surface area contributed by atoms with E-state index in [9.17, 15) is 4.79 Å². The van der Waals surface area contributed by atoms with Crippen LogP contribution in [0, 0.1) is 0 Å². The number of aromatic nitrogens is 2. The summed E-state index contributed by atoms with van der Waals surface area (Å²) in [6, 6.07) is 5.84.